The molecule has 4 atom stereocenters. The van der Waals surface area contributed by atoms with Crippen LogP contribution in [0.5, 0.6) is 0 Å². The van der Waals surface area contributed by atoms with E-state index in [0.29, 0.717) is 0 Å². The molecule has 0 N–H and O–H groups in total. The highest BCUT2D eigenvalue weighted by Gasteiger charge is 2.26. The standard InChI is InChI=1S/C10H20.CH4/c1-7-5-9(3)10(4)6-8(7)2;/h7-10H,5-6H2,1-4H3;1H4. The molecule has 11 heavy (non-hydrogen) atoms. The van der Waals surface area contributed by atoms with Gasteiger partial charge in [-0.2, -0.15) is 0 Å². The molecular formula is C11H24. The van der Waals surface area contributed by atoms with Crippen molar-refractivity contribution in [2.45, 2.75) is 48.0 Å². The van der Waals surface area contributed by atoms with Crippen molar-refractivity contribution in [3.63, 3.8) is 0 Å². The zero-order valence-corrected chi connectivity index (χ0v) is 7.72. The molecule has 0 nitrogen and oxygen atoms in total. The summed E-state index contributed by atoms with van der Waals surface area (Å²) >= 11 is 0. The van der Waals surface area contributed by atoms with E-state index in [1.165, 1.54) is 12.8 Å². The van der Waals surface area contributed by atoms with Gasteiger partial charge in [0, 0.05) is 0 Å². The minimum Gasteiger partial charge on any atom is -0.0776 e. The van der Waals surface area contributed by atoms with E-state index >= 15 is 0 Å². The van der Waals surface area contributed by atoms with Crippen LogP contribution in [0.4, 0.5) is 0 Å². The van der Waals surface area contributed by atoms with Crippen LogP contribution in [-0.4, -0.2) is 0 Å². The van der Waals surface area contributed by atoms with Crippen LogP contribution in [0, 0.1) is 23.7 Å². The van der Waals surface area contributed by atoms with Gasteiger partial charge in [0.25, 0.3) is 0 Å². The van der Waals surface area contributed by atoms with Gasteiger partial charge < -0.3 is 0 Å². The summed E-state index contributed by atoms with van der Waals surface area (Å²) in [4.78, 5) is 0. The van der Waals surface area contributed by atoms with Crippen molar-refractivity contribution in [2.24, 2.45) is 23.7 Å². The van der Waals surface area contributed by atoms with E-state index in [9.17, 15) is 0 Å². The normalized spacial score (nSPS) is 44.7. The van der Waals surface area contributed by atoms with Crippen molar-refractivity contribution in [2.75, 3.05) is 0 Å². The molecule has 0 amide bonds. The van der Waals surface area contributed by atoms with Gasteiger partial charge in [0.1, 0.15) is 0 Å². The van der Waals surface area contributed by atoms with Crippen LogP contribution in [0.3, 0.4) is 0 Å². The van der Waals surface area contributed by atoms with Gasteiger partial charge in [0.15, 0.2) is 0 Å². The maximum Gasteiger partial charge on any atom is -0.0414 e. The smallest absolute Gasteiger partial charge is 0.0414 e. The van der Waals surface area contributed by atoms with Crippen molar-refractivity contribution in [3.8, 4) is 0 Å². The summed E-state index contributed by atoms with van der Waals surface area (Å²) in [5.74, 6) is 3.86. The highest BCUT2D eigenvalue weighted by atomic mass is 14.3. The lowest BCUT2D eigenvalue weighted by Gasteiger charge is -2.35. The molecule has 0 aromatic rings. The van der Waals surface area contributed by atoms with E-state index in [2.05, 4.69) is 27.7 Å². The summed E-state index contributed by atoms with van der Waals surface area (Å²) < 4.78 is 0. The fraction of sp³-hybridized carbons (Fsp3) is 1.00. The van der Waals surface area contributed by atoms with Crippen LogP contribution in [0.25, 0.3) is 0 Å². The Morgan fingerprint density at radius 3 is 1.00 bits per heavy atom. The van der Waals surface area contributed by atoms with Gasteiger partial charge in [-0.25, -0.2) is 0 Å². The molecule has 0 radical (unpaired) electrons. The molecule has 1 saturated carbocycles. The fourth-order valence-corrected chi connectivity index (χ4v) is 2.10. The van der Waals surface area contributed by atoms with Gasteiger partial charge in [-0.15, -0.1) is 0 Å². The second-order valence-electron chi connectivity index (χ2n) is 4.38. The van der Waals surface area contributed by atoms with Crippen molar-refractivity contribution in [1.29, 1.82) is 0 Å². The molecule has 1 rings (SSSR count). The van der Waals surface area contributed by atoms with Crippen LogP contribution in [0.15, 0.2) is 0 Å². The van der Waals surface area contributed by atoms with Gasteiger partial charge in [0.2, 0.25) is 0 Å². The van der Waals surface area contributed by atoms with Crippen molar-refractivity contribution < 1.29 is 0 Å². The van der Waals surface area contributed by atoms with Crippen LogP contribution in [0.1, 0.15) is 48.0 Å². The molecule has 68 valence electrons. The number of rotatable bonds is 0. The molecule has 0 aromatic heterocycles. The van der Waals surface area contributed by atoms with Crippen LogP contribution in [-0.2, 0) is 0 Å². The average Bonchev–Trinajstić information content (AvgIpc) is 1.84. The van der Waals surface area contributed by atoms with E-state index in [1.54, 1.807) is 0 Å². The van der Waals surface area contributed by atoms with Gasteiger partial charge in [0.05, 0.1) is 0 Å². The molecule has 4 unspecified atom stereocenters. The number of hydrogen-bond acceptors (Lipinski definition) is 0. The van der Waals surface area contributed by atoms with Crippen molar-refractivity contribution >= 4 is 0 Å². The molecule has 0 bridgehead atoms. The van der Waals surface area contributed by atoms with Crippen LogP contribution >= 0.6 is 0 Å². The second-order valence-corrected chi connectivity index (χ2v) is 4.38. The number of hydrogen-bond donors (Lipinski definition) is 0. The Morgan fingerprint density at radius 2 is 0.818 bits per heavy atom. The molecule has 1 aliphatic rings. The average molecular weight is 156 g/mol. The lowest BCUT2D eigenvalue weighted by Crippen LogP contribution is -2.25. The molecule has 0 saturated heterocycles. The van der Waals surface area contributed by atoms with Crippen molar-refractivity contribution in [3.05, 3.63) is 0 Å². The minimum atomic E-state index is 0. The van der Waals surface area contributed by atoms with E-state index < -0.39 is 0 Å². The zero-order chi connectivity index (χ0) is 7.72. The first-order valence-corrected chi connectivity index (χ1v) is 4.61. The third-order valence-corrected chi connectivity index (χ3v) is 3.43. The summed E-state index contributed by atoms with van der Waals surface area (Å²) in [5, 5.41) is 0. The Kier molecular flexibility index (Phi) is 4.13. The predicted molar refractivity (Wildman–Crippen MR) is 52.6 cm³/mol. The quantitative estimate of drug-likeness (QED) is 0.498. The molecule has 0 aliphatic heterocycles. The summed E-state index contributed by atoms with van der Waals surface area (Å²) in [7, 11) is 0. The van der Waals surface area contributed by atoms with E-state index in [0.717, 1.165) is 23.7 Å². The third kappa shape index (κ3) is 2.50. The molecule has 1 fully saturated rings. The first-order chi connectivity index (χ1) is 4.61. The van der Waals surface area contributed by atoms with Gasteiger partial charge >= 0.3 is 0 Å². The SMILES string of the molecule is C.CC1CC(C)C(C)CC1C. The lowest BCUT2D eigenvalue weighted by molar-refractivity contribution is 0.157. The van der Waals surface area contributed by atoms with Gasteiger partial charge in [-0.3, -0.25) is 0 Å². The molecule has 0 heterocycles. The second kappa shape index (κ2) is 4.13. The predicted octanol–water partition coefficient (Wildman–Crippen LogP) is 3.96. The van der Waals surface area contributed by atoms with Crippen LogP contribution < -0.4 is 0 Å². The van der Waals surface area contributed by atoms with Gasteiger partial charge in [-0.1, -0.05) is 35.1 Å². The Morgan fingerprint density at radius 1 is 0.636 bits per heavy atom. The Balaban J connectivity index is 0.000001000. The highest BCUT2D eigenvalue weighted by Crippen LogP contribution is 2.36. The van der Waals surface area contributed by atoms with E-state index in [1.807, 2.05) is 0 Å². The molecule has 0 spiro atoms. The molecule has 1 aliphatic carbocycles. The van der Waals surface area contributed by atoms with E-state index in [-0.39, 0.29) is 7.43 Å². The Hall–Kier alpha value is 0. The van der Waals surface area contributed by atoms with Gasteiger partial charge in [-0.05, 0) is 36.5 Å². The fourth-order valence-electron chi connectivity index (χ4n) is 2.10. The van der Waals surface area contributed by atoms with Crippen LogP contribution in [0.2, 0.25) is 0 Å². The molecule has 0 heteroatoms. The maximum atomic E-state index is 2.40. The zero-order valence-electron chi connectivity index (χ0n) is 7.72. The highest BCUT2D eigenvalue weighted by molar-refractivity contribution is 4.77. The lowest BCUT2D eigenvalue weighted by atomic mass is 9.71. The summed E-state index contributed by atoms with van der Waals surface area (Å²) in [6, 6.07) is 0. The first kappa shape index (κ1) is 11.0. The van der Waals surface area contributed by atoms with Crippen molar-refractivity contribution in [1.82, 2.24) is 0 Å². The Bertz CT molecular complexity index is 80.6. The summed E-state index contributed by atoms with van der Waals surface area (Å²) in [6.07, 6.45) is 2.89. The summed E-state index contributed by atoms with van der Waals surface area (Å²) in [5.41, 5.74) is 0. The third-order valence-electron chi connectivity index (χ3n) is 3.43. The first-order valence-electron chi connectivity index (χ1n) is 4.61. The monoisotopic (exact) mass is 156 g/mol. The van der Waals surface area contributed by atoms with E-state index in [4.69, 9.17) is 0 Å². The maximum absolute atomic E-state index is 2.40. The molecular weight excluding hydrogens is 132 g/mol. The molecule has 0 aromatic carbocycles. The summed E-state index contributed by atoms with van der Waals surface area (Å²) in [6.45, 7) is 9.58. The topological polar surface area (TPSA) is 0 Å². The minimum absolute atomic E-state index is 0. The Labute approximate surface area is 72.4 Å². The largest absolute Gasteiger partial charge is 0.0776 e.